The highest BCUT2D eigenvalue weighted by atomic mass is 16.5. The highest BCUT2D eigenvalue weighted by Crippen LogP contribution is 2.09. The monoisotopic (exact) mass is 220 g/mol. The molecule has 1 aromatic rings. The summed E-state index contributed by atoms with van der Waals surface area (Å²) in [5.74, 6) is -0.941. The zero-order valence-electron chi connectivity index (χ0n) is 9.51. The normalized spacial score (nSPS) is 11.2. The lowest BCUT2D eigenvalue weighted by atomic mass is 10.1. The lowest BCUT2D eigenvalue weighted by Crippen LogP contribution is -2.02. The zero-order chi connectivity index (χ0) is 12.0. The number of aliphatic carboxylic acids is 1. The van der Waals surface area contributed by atoms with Crippen LogP contribution in [0.1, 0.15) is 25.0 Å². The summed E-state index contributed by atoms with van der Waals surface area (Å²) in [5, 5.41) is 8.51. The van der Waals surface area contributed by atoms with E-state index >= 15 is 0 Å². The predicted octanol–water partition coefficient (Wildman–Crippen LogP) is 2.71. The number of rotatable bonds is 5. The molecule has 0 aliphatic heterocycles. The Bertz CT molecular complexity index is 381. The van der Waals surface area contributed by atoms with E-state index in [4.69, 9.17) is 9.84 Å². The van der Waals surface area contributed by atoms with Crippen molar-refractivity contribution in [1.29, 1.82) is 0 Å². The summed E-state index contributed by atoms with van der Waals surface area (Å²) in [6.45, 7) is 4.51. The van der Waals surface area contributed by atoms with Gasteiger partial charge in [-0.25, -0.2) is 4.79 Å². The number of carboxylic acids is 1. The van der Waals surface area contributed by atoms with E-state index in [0.29, 0.717) is 6.61 Å². The topological polar surface area (TPSA) is 46.5 Å². The van der Waals surface area contributed by atoms with Gasteiger partial charge in [-0.1, -0.05) is 18.2 Å². The maximum Gasteiger partial charge on any atom is 0.328 e. The average molecular weight is 220 g/mol. The van der Waals surface area contributed by atoms with Crippen molar-refractivity contribution < 1.29 is 14.6 Å². The molecule has 1 aromatic carbocycles. The van der Waals surface area contributed by atoms with Gasteiger partial charge in [-0.15, -0.1) is 0 Å². The Morgan fingerprint density at radius 3 is 2.88 bits per heavy atom. The number of benzene rings is 1. The number of carbonyl (C=O) groups is 1. The van der Waals surface area contributed by atoms with E-state index in [0.717, 1.165) is 17.2 Å². The first-order chi connectivity index (χ1) is 7.58. The van der Waals surface area contributed by atoms with Crippen LogP contribution in [0.15, 0.2) is 30.3 Å². The van der Waals surface area contributed by atoms with Crippen molar-refractivity contribution in [2.75, 3.05) is 0 Å². The van der Waals surface area contributed by atoms with Gasteiger partial charge in [-0.05, 0) is 37.1 Å². The van der Waals surface area contributed by atoms with Gasteiger partial charge in [0.25, 0.3) is 0 Å². The van der Waals surface area contributed by atoms with Crippen molar-refractivity contribution in [3.8, 4) is 0 Å². The molecule has 0 atom stereocenters. The molecular weight excluding hydrogens is 204 g/mol. The standard InChI is InChI=1S/C13H16O3/c1-10(2)16-9-12-5-3-4-11(8-12)6-7-13(14)15/h3-8,10H,9H2,1-2H3,(H,14,15)/b7-6+. The lowest BCUT2D eigenvalue weighted by Gasteiger charge is -2.07. The Balaban J connectivity index is 2.67. The average Bonchev–Trinajstić information content (AvgIpc) is 2.24. The Kier molecular flexibility index (Phi) is 4.73. The third-order valence-corrected chi connectivity index (χ3v) is 1.95. The summed E-state index contributed by atoms with van der Waals surface area (Å²) >= 11 is 0. The van der Waals surface area contributed by atoms with Gasteiger partial charge in [0.15, 0.2) is 0 Å². The molecule has 0 aromatic heterocycles. The van der Waals surface area contributed by atoms with E-state index in [1.165, 1.54) is 0 Å². The fourth-order valence-electron chi connectivity index (χ4n) is 1.22. The maximum absolute atomic E-state index is 10.4. The van der Waals surface area contributed by atoms with Crippen molar-refractivity contribution in [3.63, 3.8) is 0 Å². The third kappa shape index (κ3) is 4.75. The fraction of sp³-hybridized carbons (Fsp3) is 0.308. The molecule has 0 fully saturated rings. The van der Waals surface area contributed by atoms with E-state index in [-0.39, 0.29) is 6.10 Å². The van der Waals surface area contributed by atoms with Crippen LogP contribution in [0.25, 0.3) is 6.08 Å². The molecule has 86 valence electrons. The van der Waals surface area contributed by atoms with E-state index < -0.39 is 5.97 Å². The van der Waals surface area contributed by atoms with Gasteiger partial charge in [0.05, 0.1) is 12.7 Å². The van der Waals surface area contributed by atoms with Crippen LogP contribution in [0.2, 0.25) is 0 Å². The van der Waals surface area contributed by atoms with Gasteiger partial charge in [0.2, 0.25) is 0 Å². The summed E-state index contributed by atoms with van der Waals surface area (Å²) in [4.78, 5) is 10.4. The molecule has 0 saturated carbocycles. The first kappa shape index (κ1) is 12.5. The van der Waals surface area contributed by atoms with Crippen LogP contribution in [0, 0.1) is 0 Å². The van der Waals surface area contributed by atoms with Crippen LogP contribution in [0.3, 0.4) is 0 Å². The molecule has 0 saturated heterocycles. The third-order valence-electron chi connectivity index (χ3n) is 1.95. The number of carboxylic acid groups (broad SMARTS) is 1. The molecule has 16 heavy (non-hydrogen) atoms. The van der Waals surface area contributed by atoms with Crippen molar-refractivity contribution in [1.82, 2.24) is 0 Å². The summed E-state index contributed by atoms with van der Waals surface area (Å²) in [7, 11) is 0. The Morgan fingerprint density at radius 1 is 1.50 bits per heavy atom. The number of ether oxygens (including phenoxy) is 1. The van der Waals surface area contributed by atoms with Crippen LogP contribution < -0.4 is 0 Å². The van der Waals surface area contributed by atoms with Gasteiger partial charge in [-0.2, -0.15) is 0 Å². The minimum absolute atomic E-state index is 0.193. The smallest absolute Gasteiger partial charge is 0.328 e. The van der Waals surface area contributed by atoms with Gasteiger partial charge < -0.3 is 9.84 Å². The van der Waals surface area contributed by atoms with Crippen molar-refractivity contribution in [3.05, 3.63) is 41.5 Å². The lowest BCUT2D eigenvalue weighted by molar-refractivity contribution is -0.131. The molecule has 0 bridgehead atoms. The summed E-state index contributed by atoms with van der Waals surface area (Å²) < 4.78 is 5.47. The van der Waals surface area contributed by atoms with Crippen LogP contribution >= 0.6 is 0 Å². The highest BCUT2D eigenvalue weighted by Gasteiger charge is 1.97. The van der Waals surface area contributed by atoms with Crippen molar-refractivity contribution in [2.45, 2.75) is 26.6 Å². The SMILES string of the molecule is CC(C)OCc1cccc(/C=C/C(=O)O)c1. The van der Waals surface area contributed by atoms with Gasteiger partial charge >= 0.3 is 5.97 Å². The van der Waals surface area contributed by atoms with Crippen LogP contribution in [-0.2, 0) is 16.1 Å². The molecule has 0 unspecified atom stereocenters. The predicted molar refractivity (Wildman–Crippen MR) is 63.0 cm³/mol. The molecular formula is C13H16O3. The molecule has 0 radical (unpaired) electrons. The Morgan fingerprint density at radius 2 is 2.25 bits per heavy atom. The quantitative estimate of drug-likeness (QED) is 0.776. The summed E-state index contributed by atoms with van der Waals surface area (Å²) in [6.07, 6.45) is 2.89. The van der Waals surface area contributed by atoms with Crippen LogP contribution in [0.4, 0.5) is 0 Å². The Hall–Kier alpha value is -1.61. The van der Waals surface area contributed by atoms with Crippen LogP contribution in [0.5, 0.6) is 0 Å². The van der Waals surface area contributed by atoms with Gasteiger partial charge in [-0.3, -0.25) is 0 Å². The Labute approximate surface area is 95.4 Å². The second kappa shape index (κ2) is 6.08. The van der Waals surface area contributed by atoms with Gasteiger partial charge in [0, 0.05) is 6.08 Å². The minimum atomic E-state index is -0.941. The summed E-state index contributed by atoms with van der Waals surface area (Å²) in [6, 6.07) is 7.63. The first-order valence-corrected chi connectivity index (χ1v) is 5.19. The second-order valence-corrected chi connectivity index (χ2v) is 3.78. The molecule has 0 amide bonds. The van der Waals surface area contributed by atoms with E-state index in [1.54, 1.807) is 6.08 Å². The van der Waals surface area contributed by atoms with E-state index in [2.05, 4.69) is 0 Å². The van der Waals surface area contributed by atoms with Crippen LogP contribution in [-0.4, -0.2) is 17.2 Å². The van der Waals surface area contributed by atoms with Crippen molar-refractivity contribution in [2.24, 2.45) is 0 Å². The molecule has 0 aliphatic rings. The molecule has 3 heteroatoms. The molecule has 3 nitrogen and oxygen atoms in total. The first-order valence-electron chi connectivity index (χ1n) is 5.19. The zero-order valence-corrected chi connectivity index (χ0v) is 9.51. The van der Waals surface area contributed by atoms with E-state index in [9.17, 15) is 4.79 Å². The molecule has 1 N–H and O–H groups in total. The largest absolute Gasteiger partial charge is 0.478 e. The molecule has 0 heterocycles. The molecule has 1 rings (SSSR count). The molecule has 0 aliphatic carbocycles. The highest BCUT2D eigenvalue weighted by molar-refractivity contribution is 5.85. The minimum Gasteiger partial charge on any atom is -0.478 e. The van der Waals surface area contributed by atoms with Crippen molar-refractivity contribution >= 4 is 12.0 Å². The van der Waals surface area contributed by atoms with Gasteiger partial charge in [0.1, 0.15) is 0 Å². The summed E-state index contributed by atoms with van der Waals surface area (Å²) in [5.41, 5.74) is 1.91. The number of hydrogen-bond acceptors (Lipinski definition) is 2. The second-order valence-electron chi connectivity index (χ2n) is 3.78. The fourth-order valence-corrected chi connectivity index (χ4v) is 1.22. The number of hydrogen-bond donors (Lipinski definition) is 1. The maximum atomic E-state index is 10.4. The van der Waals surface area contributed by atoms with E-state index in [1.807, 2.05) is 38.1 Å². The molecule has 0 spiro atoms.